The molecule has 1 atom stereocenters. The van der Waals surface area contributed by atoms with E-state index in [0.29, 0.717) is 0 Å². The highest BCUT2D eigenvalue weighted by atomic mass is 32.2. The van der Waals surface area contributed by atoms with Gasteiger partial charge in [0.05, 0.1) is 16.9 Å². The van der Waals surface area contributed by atoms with Crippen LogP contribution in [0.5, 0.6) is 0 Å². The second-order valence-corrected chi connectivity index (χ2v) is 14.6. The summed E-state index contributed by atoms with van der Waals surface area (Å²) in [4.78, 5) is 6.57. The number of nitrogens with zero attached hydrogens (tertiary/aromatic N) is 1. The number of hydrogen-bond donors (Lipinski definition) is 1. The molecule has 0 saturated carbocycles. The molecule has 1 aromatic heterocycles. The molecule has 9 aromatic rings. The van der Waals surface area contributed by atoms with E-state index in [9.17, 15) is 0 Å². The molecule has 0 bridgehead atoms. The van der Waals surface area contributed by atoms with E-state index in [-0.39, 0.29) is 5.37 Å². The first-order valence-electron chi connectivity index (χ1n) is 18.1. The maximum Gasteiger partial charge on any atom is 0.103 e. The normalized spacial score (nSPS) is 13.5. The largest absolute Gasteiger partial charge is 0.368 e. The van der Waals surface area contributed by atoms with Crippen LogP contribution in [-0.4, -0.2) is 4.98 Å². The zero-order valence-electron chi connectivity index (χ0n) is 28.9. The quantitative estimate of drug-likeness (QED) is 0.188. The van der Waals surface area contributed by atoms with Crippen LogP contribution in [0, 0.1) is 0 Å². The lowest BCUT2D eigenvalue weighted by Gasteiger charge is -2.18. The molecule has 0 spiro atoms. The fourth-order valence-electron chi connectivity index (χ4n) is 7.81. The third-order valence-electron chi connectivity index (χ3n) is 10.4. The monoisotopic (exact) mass is 694 g/mol. The van der Waals surface area contributed by atoms with Crippen LogP contribution in [0.15, 0.2) is 199 Å². The van der Waals surface area contributed by atoms with Gasteiger partial charge in [0.1, 0.15) is 5.37 Å². The van der Waals surface area contributed by atoms with Crippen LogP contribution in [-0.2, 0) is 0 Å². The number of benzene rings is 8. The van der Waals surface area contributed by atoms with Crippen LogP contribution in [0.2, 0.25) is 0 Å². The lowest BCUT2D eigenvalue weighted by Crippen LogP contribution is -2.01. The Labute approximate surface area is 313 Å². The van der Waals surface area contributed by atoms with E-state index in [4.69, 9.17) is 4.98 Å². The van der Waals surface area contributed by atoms with Crippen LogP contribution in [0.3, 0.4) is 0 Å². The molecule has 53 heavy (non-hydrogen) atoms. The van der Waals surface area contributed by atoms with Crippen molar-refractivity contribution in [1.29, 1.82) is 0 Å². The Balaban J connectivity index is 1.10. The minimum Gasteiger partial charge on any atom is -0.368 e. The number of thioether (sulfide) groups is 1. The molecule has 0 radical (unpaired) electrons. The highest BCUT2D eigenvalue weighted by Gasteiger charge is 2.25. The van der Waals surface area contributed by atoms with Crippen molar-refractivity contribution < 1.29 is 0 Å². The van der Waals surface area contributed by atoms with Gasteiger partial charge in [-0.1, -0.05) is 188 Å². The van der Waals surface area contributed by atoms with Crippen molar-refractivity contribution in [3.8, 4) is 55.8 Å². The number of anilines is 1. The number of nitrogens with one attached hydrogen (secondary N) is 1. The van der Waals surface area contributed by atoms with Gasteiger partial charge in [-0.3, -0.25) is 0 Å². The van der Waals surface area contributed by atoms with E-state index in [1.807, 2.05) is 11.8 Å². The van der Waals surface area contributed by atoms with Crippen molar-refractivity contribution in [2.24, 2.45) is 0 Å². The minimum atomic E-state index is 0.202. The van der Waals surface area contributed by atoms with Crippen LogP contribution >= 0.6 is 11.8 Å². The van der Waals surface area contributed by atoms with Crippen molar-refractivity contribution in [3.63, 3.8) is 0 Å². The fraction of sp³-hybridized carbons (Fsp3) is 0.0200. The average Bonchev–Trinajstić information content (AvgIpc) is 3.69. The molecule has 1 unspecified atom stereocenters. The SMILES string of the molecule is c1ccc(-c2cc(-c3ccccc3-c3c(-c4ccc(-c5cccc6c5NC(c5ccccc5)S6)cc4)ccc4ccccc34)nc3ccccc23)cc1. The first-order chi connectivity index (χ1) is 26.3. The molecular formula is C50H34N2S. The lowest BCUT2D eigenvalue weighted by atomic mass is 9.86. The zero-order valence-corrected chi connectivity index (χ0v) is 29.7. The summed E-state index contributed by atoms with van der Waals surface area (Å²) in [6, 6.07) is 69.8. The summed E-state index contributed by atoms with van der Waals surface area (Å²) < 4.78 is 0. The van der Waals surface area contributed by atoms with Gasteiger partial charge in [-0.05, 0) is 73.5 Å². The Kier molecular flexibility index (Phi) is 7.85. The van der Waals surface area contributed by atoms with Crippen molar-refractivity contribution in [1.82, 2.24) is 4.98 Å². The lowest BCUT2D eigenvalue weighted by molar-refractivity contribution is 1.13. The first kappa shape index (κ1) is 31.3. The van der Waals surface area contributed by atoms with Crippen molar-refractivity contribution in [2.45, 2.75) is 10.3 Å². The molecule has 250 valence electrons. The van der Waals surface area contributed by atoms with Crippen LogP contribution < -0.4 is 5.32 Å². The Morgan fingerprint density at radius 3 is 1.87 bits per heavy atom. The van der Waals surface area contributed by atoms with Crippen molar-refractivity contribution >= 4 is 39.1 Å². The summed E-state index contributed by atoms with van der Waals surface area (Å²) in [7, 11) is 0. The minimum absolute atomic E-state index is 0.202. The topological polar surface area (TPSA) is 24.9 Å². The molecule has 1 aliphatic rings. The Hall–Kier alpha value is -6.42. The smallest absolute Gasteiger partial charge is 0.103 e. The van der Waals surface area contributed by atoms with Crippen LogP contribution in [0.25, 0.3) is 77.4 Å². The summed E-state index contributed by atoms with van der Waals surface area (Å²) >= 11 is 1.88. The van der Waals surface area contributed by atoms with Gasteiger partial charge in [0.2, 0.25) is 0 Å². The number of aromatic nitrogens is 1. The number of pyridine rings is 1. The van der Waals surface area contributed by atoms with Gasteiger partial charge >= 0.3 is 0 Å². The van der Waals surface area contributed by atoms with Gasteiger partial charge in [-0.15, -0.1) is 0 Å². The number of fused-ring (bicyclic) bond motifs is 3. The molecule has 10 rings (SSSR count). The maximum atomic E-state index is 5.29. The highest BCUT2D eigenvalue weighted by Crippen LogP contribution is 2.50. The second-order valence-electron chi connectivity index (χ2n) is 13.5. The molecule has 1 N–H and O–H groups in total. The predicted molar refractivity (Wildman–Crippen MR) is 225 cm³/mol. The molecule has 0 amide bonds. The van der Waals surface area contributed by atoms with Gasteiger partial charge in [0.15, 0.2) is 0 Å². The molecule has 0 fully saturated rings. The molecule has 8 aromatic carbocycles. The standard InChI is InChI=1S/C50H34N2S/c1-3-14-33(15-4-1)44-32-46(51-45-24-12-11-21-42(44)45)41-20-9-10-22-43(41)48-38-19-8-7-16-34(38)30-31-39(48)35-26-28-36(29-27-35)40-23-13-25-47-49(40)52-50(53-47)37-17-5-2-6-18-37/h1-32,50,52H. The summed E-state index contributed by atoms with van der Waals surface area (Å²) in [6.45, 7) is 0. The molecule has 2 heterocycles. The molecule has 1 aliphatic heterocycles. The number of hydrogen-bond acceptors (Lipinski definition) is 3. The van der Waals surface area contributed by atoms with E-state index in [0.717, 1.165) is 22.2 Å². The number of para-hydroxylation sites is 2. The number of rotatable bonds is 6. The summed E-state index contributed by atoms with van der Waals surface area (Å²) in [5.74, 6) is 0. The highest BCUT2D eigenvalue weighted by molar-refractivity contribution is 8.00. The van der Waals surface area contributed by atoms with Gasteiger partial charge in [0.25, 0.3) is 0 Å². The molecule has 0 saturated heterocycles. The van der Waals surface area contributed by atoms with Gasteiger partial charge < -0.3 is 5.32 Å². The maximum absolute atomic E-state index is 5.29. The van der Waals surface area contributed by atoms with E-state index in [1.54, 1.807) is 0 Å². The van der Waals surface area contributed by atoms with Crippen molar-refractivity contribution in [3.05, 3.63) is 200 Å². The Bertz CT molecular complexity index is 2770. The molecule has 2 nitrogen and oxygen atoms in total. The van der Waals surface area contributed by atoms with Crippen LogP contribution in [0.1, 0.15) is 10.9 Å². The average molecular weight is 695 g/mol. The van der Waals surface area contributed by atoms with Crippen LogP contribution in [0.4, 0.5) is 5.69 Å². The van der Waals surface area contributed by atoms with Crippen molar-refractivity contribution in [2.75, 3.05) is 5.32 Å². The molecular weight excluding hydrogens is 661 g/mol. The second kappa shape index (κ2) is 13.3. The van der Waals surface area contributed by atoms with Gasteiger partial charge in [-0.2, -0.15) is 0 Å². The zero-order chi connectivity index (χ0) is 35.1. The Morgan fingerprint density at radius 1 is 0.434 bits per heavy atom. The predicted octanol–water partition coefficient (Wildman–Crippen LogP) is 13.9. The fourth-order valence-corrected chi connectivity index (χ4v) is 8.98. The van der Waals surface area contributed by atoms with Gasteiger partial charge in [-0.25, -0.2) is 4.98 Å². The third-order valence-corrected chi connectivity index (χ3v) is 11.6. The van der Waals surface area contributed by atoms with E-state index >= 15 is 0 Å². The van der Waals surface area contributed by atoms with E-state index in [2.05, 4.69) is 199 Å². The third kappa shape index (κ3) is 5.67. The summed E-state index contributed by atoms with van der Waals surface area (Å²) in [5.41, 5.74) is 15.1. The molecule has 3 heteroatoms. The summed E-state index contributed by atoms with van der Waals surface area (Å²) in [6.07, 6.45) is 0. The molecule has 0 aliphatic carbocycles. The van der Waals surface area contributed by atoms with E-state index < -0.39 is 0 Å². The Morgan fingerprint density at radius 2 is 1.06 bits per heavy atom. The van der Waals surface area contributed by atoms with Gasteiger partial charge in [0, 0.05) is 21.4 Å². The summed E-state index contributed by atoms with van der Waals surface area (Å²) in [5, 5.41) is 7.61. The van der Waals surface area contributed by atoms with E-state index in [1.165, 1.54) is 71.4 Å². The first-order valence-corrected chi connectivity index (χ1v) is 19.0.